The highest BCUT2D eigenvalue weighted by Crippen LogP contribution is 2.39. The van der Waals surface area contributed by atoms with Crippen molar-refractivity contribution in [1.29, 1.82) is 0 Å². The summed E-state index contributed by atoms with van der Waals surface area (Å²) in [5.74, 6) is 2.48. The molecule has 2 aliphatic rings. The van der Waals surface area contributed by atoms with Gasteiger partial charge in [-0.2, -0.15) is 0 Å². The lowest BCUT2D eigenvalue weighted by Crippen LogP contribution is -2.28. The first-order valence-corrected chi connectivity index (χ1v) is 12.0. The Hall–Kier alpha value is -2.45. The molecule has 33 heavy (non-hydrogen) atoms. The molecule has 0 saturated heterocycles. The van der Waals surface area contributed by atoms with E-state index in [9.17, 15) is 0 Å². The number of aliphatic imine (C=N–C) groups is 1. The Labute approximate surface area is 199 Å². The Morgan fingerprint density at radius 3 is 2.58 bits per heavy atom. The molecule has 1 atom stereocenters. The normalized spacial score (nSPS) is 13.6. The number of fused-ring (bicyclic) bond motifs is 1. The van der Waals surface area contributed by atoms with Gasteiger partial charge in [-0.15, -0.1) is 6.42 Å². The fourth-order valence-electron chi connectivity index (χ4n) is 3.80. The maximum atomic E-state index is 6.17. The molecule has 0 amide bonds. The minimum absolute atomic E-state index is 0.237. The van der Waals surface area contributed by atoms with Crippen LogP contribution in [0, 0.1) is 12.3 Å². The molecule has 0 fully saturated rings. The van der Waals surface area contributed by atoms with Gasteiger partial charge >= 0.3 is 0 Å². The van der Waals surface area contributed by atoms with Crippen LogP contribution in [0.1, 0.15) is 57.6 Å². The van der Waals surface area contributed by atoms with Gasteiger partial charge in [-0.05, 0) is 63.6 Å². The summed E-state index contributed by atoms with van der Waals surface area (Å²) < 4.78 is 17.5. The third kappa shape index (κ3) is 8.44. The van der Waals surface area contributed by atoms with Crippen LogP contribution in [-0.2, 0) is 14.2 Å². The molecule has 0 bridgehead atoms. The van der Waals surface area contributed by atoms with Gasteiger partial charge in [0.25, 0.3) is 0 Å². The van der Waals surface area contributed by atoms with Gasteiger partial charge in [0.2, 0.25) is 0 Å². The molecule has 0 N–H and O–H groups in total. The van der Waals surface area contributed by atoms with Crippen molar-refractivity contribution in [2.75, 3.05) is 33.0 Å². The summed E-state index contributed by atoms with van der Waals surface area (Å²) in [5.41, 5.74) is 5.83. The molecule has 1 aromatic carbocycles. The van der Waals surface area contributed by atoms with Crippen molar-refractivity contribution in [2.45, 2.75) is 58.2 Å². The number of ether oxygens (including phenoxy) is 3. The van der Waals surface area contributed by atoms with Crippen molar-refractivity contribution in [3.8, 4) is 23.5 Å². The highest BCUT2D eigenvalue weighted by molar-refractivity contribution is 6.19. The van der Waals surface area contributed by atoms with E-state index in [2.05, 4.69) is 69.2 Å². The molecule has 0 spiro atoms. The summed E-state index contributed by atoms with van der Waals surface area (Å²) in [7, 11) is 0. The van der Waals surface area contributed by atoms with Crippen LogP contribution in [0.5, 0.6) is 0 Å². The zero-order chi connectivity index (χ0) is 23.5. The highest BCUT2D eigenvalue weighted by Gasteiger charge is 2.22. The van der Waals surface area contributed by atoms with Gasteiger partial charge in [-0.3, -0.25) is 4.99 Å². The van der Waals surface area contributed by atoms with Gasteiger partial charge in [0.1, 0.15) is 6.61 Å². The quantitative estimate of drug-likeness (QED) is 0.156. The second-order valence-electron chi connectivity index (χ2n) is 9.15. The Morgan fingerprint density at radius 1 is 1.06 bits per heavy atom. The first kappa shape index (κ1) is 25.2. The van der Waals surface area contributed by atoms with Crippen molar-refractivity contribution < 1.29 is 14.2 Å². The van der Waals surface area contributed by atoms with Crippen molar-refractivity contribution in [3.63, 3.8) is 0 Å². The maximum absolute atomic E-state index is 6.17. The number of nitrogens with zero attached hydrogens (tertiary/aromatic N) is 1. The van der Waals surface area contributed by atoms with Crippen LogP contribution in [0.25, 0.3) is 11.1 Å². The van der Waals surface area contributed by atoms with Crippen LogP contribution in [-0.4, -0.2) is 50.4 Å². The SMILES string of the molecule is C#CCOCCCCC(C)OCCC(C)(C)OCCN=C(c1ccccc1)c1ccc2cc1-2. The maximum Gasteiger partial charge on any atom is 0.107 e. The zero-order valence-electron chi connectivity index (χ0n) is 20.3. The van der Waals surface area contributed by atoms with Gasteiger partial charge in [-0.25, -0.2) is 0 Å². The Kier molecular flexibility index (Phi) is 9.69. The number of terminal acetylenes is 1. The number of benzene rings is 2. The average molecular weight is 448 g/mol. The second kappa shape index (κ2) is 12.7. The monoisotopic (exact) mass is 447 g/mol. The molecule has 1 unspecified atom stereocenters. The van der Waals surface area contributed by atoms with E-state index in [1.165, 1.54) is 16.7 Å². The standard InChI is InChI=1S/C29H37NO3/c1-5-18-31-19-10-9-11-23(2)32-20-16-29(3,4)33-21-17-30-28(24-12-7-6-8-13-24)26-15-14-25-22-27(25)26/h1,6-8,12-15,22-23H,9-11,16-21H2,2-4H3. The smallest absolute Gasteiger partial charge is 0.107 e. The van der Waals surface area contributed by atoms with Crippen molar-refractivity contribution in [1.82, 2.24) is 0 Å². The first-order chi connectivity index (χ1) is 16.0. The zero-order valence-corrected chi connectivity index (χ0v) is 20.3. The minimum atomic E-state index is -0.244. The molecule has 4 heteroatoms. The van der Waals surface area contributed by atoms with Crippen molar-refractivity contribution in [2.24, 2.45) is 4.99 Å². The number of rotatable bonds is 16. The van der Waals surface area contributed by atoms with Crippen molar-refractivity contribution >= 4 is 5.71 Å². The molecular weight excluding hydrogens is 410 g/mol. The Morgan fingerprint density at radius 2 is 1.88 bits per heavy atom. The molecular formula is C29H37NO3. The van der Waals surface area contributed by atoms with Gasteiger partial charge in [0.15, 0.2) is 0 Å². The third-order valence-corrected chi connectivity index (χ3v) is 5.84. The van der Waals surface area contributed by atoms with E-state index in [-0.39, 0.29) is 11.7 Å². The fraction of sp³-hybridized carbons (Fsp3) is 0.483. The lowest BCUT2D eigenvalue weighted by molar-refractivity contribution is -0.0469. The molecule has 1 aromatic rings. The van der Waals surface area contributed by atoms with Gasteiger partial charge in [0.05, 0.1) is 30.6 Å². The Balaban J connectivity index is 1.37. The number of hydrogen-bond acceptors (Lipinski definition) is 4. The molecule has 0 aromatic heterocycles. The van der Waals surface area contributed by atoms with E-state index in [1.54, 1.807) is 0 Å². The van der Waals surface area contributed by atoms with E-state index in [0.717, 1.165) is 43.6 Å². The summed E-state index contributed by atoms with van der Waals surface area (Å²) >= 11 is 0. The van der Waals surface area contributed by atoms with E-state index in [4.69, 9.17) is 25.6 Å². The van der Waals surface area contributed by atoms with Crippen LogP contribution in [0.2, 0.25) is 0 Å². The molecule has 0 aliphatic heterocycles. The van der Waals surface area contributed by atoms with Crippen LogP contribution in [0.15, 0.2) is 53.5 Å². The average Bonchev–Trinajstić information content (AvgIpc) is 3.47. The number of hydrogen-bond donors (Lipinski definition) is 0. The summed E-state index contributed by atoms with van der Waals surface area (Å²) in [5, 5.41) is 0. The number of unbranched alkanes of at least 4 members (excludes halogenated alkanes) is 1. The van der Waals surface area contributed by atoms with Crippen LogP contribution >= 0.6 is 0 Å². The summed E-state index contributed by atoms with van der Waals surface area (Å²) in [6, 6.07) is 16.9. The van der Waals surface area contributed by atoms with Crippen LogP contribution in [0.4, 0.5) is 0 Å². The largest absolute Gasteiger partial charge is 0.378 e. The van der Waals surface area contributed by atoms with E-state index >= 15 is 0 Å². The first-order valence-electron chi connectivity index (χ1n) is 12.0. The van der Waals surface area contributed by atoms with Gasteiger partial charge in [-0.1, -0.05) is 48.4 Å². The summed E-state index contributed by atoms with van der Waals surface area (Å²) in [6.45, 7) is 9.40. The summed E-state index contributed by atoms with van der Waals surface area (Å²) in [6.07, 6.45) is 9.38. The Bertz CT molecular complexity index is 943. The van der Waals surface area contributed by atoms with E-state index in [0.29, 0.717) is 26.4 Å². The topological polar surface area (TPSA) is 40.0 Å². The van der Waals surface area contributed by atoms with Gasteiger partial charge < -0.3 is 14.2 Å². The molecule has 2 aliphatic carbocycles. The molecule has 0 saturated carbocycles. The molecule has 4 nitrogen and oxygen atoms in total. The fourth-order valence-corrected chi connectivity index (χ4v) is 3.80. The predicted molar refractivity (Wildman–Crippen MR) is 136 cm³/mol. The summed E-state index contributed by atoms with van der Waals surface area (Å²) in [4.78, 5) is 4.92. The minimum Gasteiger partial charge on any atom is -0.378 e. The van der Waals surface area contributed by atoms with Crippen LogP contribution in [0.3, 0.4) is 0 Å². The van der Waals surface area contributed by atoms with Crippen LogP contribution < -0.4 is 0 Å². The van der Waals surface area contributed by atoms with E-state index < -0.39 is 0 Å². The molecule has 3 rings (SSSR count). The van der Waals surface area contributed by atoms with E-state index in [1.807, 2.05) is 6.07 Å². The lowest BCUT2D eigenvalue weighted by Gasteiger charge is -2.26. The van der Waals surface area contributed by atoms with Gasteiger partial charge in [0, 0.05) is 24.3 Å². The third-order valence-electron chi connectivity index (χ3n) is 5.84. The van der Waals surface area contributed by atoms with Crippen molar-refractivity contribution in [3.05, 3.63) is 59.7 Å². The molecule has 176 valence electrons. The molecule has 0 heterocycles. The lowest BCUT2D eigenvalue weighted by atomic mass is 10.0. The second-order valence-corrected chi connectivity index (χ2v) is 9.15. The highest BCUT2D eigenvalue weighted by atomic mass is 16.5. The molecule has 0 radical (unpaired) electrons. The predicted octanol–water partition coefficient (Wildman–Crippen LogP) is 5.91.